The first-order valence-electron chi connectivity index (χ1n) is 4.94. The van der Waals surface area contributed by atoms with Crippen LogP contribution in [0.25, 0.3) is 10.9 Å². The van der Waals surface area contributed by atoms with E-state index < -0.39 is 0 Å². The van der Waals surface area contributed by atoms with Crippen molar-refractivity contribution in [3.63, 3.8) is 0 Å². The SMILES string of the molecule is CC(CN)c1cc(Br)c2c(cnn2C)c1. The van der Waals surface area contributed by atoms with Crippen LogP contribution in [0.3, 0.4) is 0 Å². The average Bonchev–Trinajstić information content (AvgIpc) is 2.59. The molecule has 1 atom stereocenters. The van der Waals surface area contributed by atoms with E-state index in [9.17, 15) is 0 Å². The van der Waals surface area contributed by atoms with Gasteiger partial charge in [0, 0.05) is 16.9 Å². The lowest BCUT2D eigenvalue weighted by Gasteiger charge is -2.10. The molecule has 4 heteroatoms. The number of nitrogens with zero attached hydrogens (tertiary/aromatic N) is 2. The normalized spacial score (nSPS) is 13.3. The second kappa shape index (κ2) is 3.94. The Bertz CT molecular complexity index is 490. The Morgan fingerprint density at radius 3 is 2.93 bits per heavy atom. The number of fused-ring (bicyclic) bond motifs is 1. The molecule has 1 aromatic heterocycles. The van der Waals surface area contributed by atoms with Crippen molar-refractivity contribution in [2.24, 2.45) is 12.8 Å². The molecule has 0 spiro atoms. The quantitative estimate of drug-likeness (QED) is 0.908. The van der Waals surface area contributed by atoms with E-state index in [0.29, 0.717) is 12.5 Å². The summed E-state index contributed by atoms with van der Waals surface area (Å²) >= 11 is 3.57. The van der Waals surface area contributed by atoms with Crippen LogP contribution in [0.15, 0.2) is 22.8 Å². The van der Waals surface area contributed by atoms with Gasteiger partial charge in [-0.3, -0.25) is 4.68 Å². The molecule has 1 unspecified atom stereocenters. The predicted molar refractivity (Wildman–Crippen MR) is 65.9 cm³/mol. The van der Waals surface area contributed by atoms with E-state index in [1.165, 1.54) is 5.56 Å². The third-order valence-electron chi connectivity index (χ3n) is 2.73. The van der Waals surface area contributed by atoms with Gasteiger partial charge in [-0.05, 0) is 46.1 Å². The molecular weight excluding hydrogens is 254 g/mol. The van der Waals surface area contributed by atoms with Gasteiger partial charge in [-0.1, -0.05) is 6.92 Å². The molecule has 0 radical (unpaired) electrons. The van der Waals surface area contributed by atoms with Crippen LogP contribution in [0, 0.1) is 0 Å². The lowest BCUT2D eigenvalue weighted by molar-refractivity contribution is 0.773. The highest BCUT2D eigenvalue weighted by Gasteiger charge is 2.09. The molecule has 0 saturated heterocycles. The van der Waals surface area contributed by atoms with Crippen LogP contribution in [0.2, 0.25) is 0 Å². The first-order chi connectivity index (χ1) is 7.13. The summed E-state index contributed by atoms with van der Waals surface area (Å²) in [5, 5.41) is 5.39. The Morgan fingerprint density at radius 1 is 1.53 bits per heavy atom. The zero-order chi connectivity index (χ0) is 11.0. The van der Waals surface area contributed by atoms with Crippen molar-refractivity contribution in [3.8, 4) is 0 Å². The van der Waals surface area contributed by atoms with E-state index in [4.69, 9.17) is 5.73 Å². The third-order valence-corrected chi connectivity index (χ3v) is 3.34. The number of hydrogen-bond acceptors (Lipinski definition) is 2. The number of aryl methyl sites for hydroxylation is 1. The van der Waals surface area contributed by atoms with E-state index in [0.717, 1.165) is 15.4 Å². The van der Waals surface area contributed by atoms with Gasteiger partial charge in [-0.2, -0.15) is 5.10 Å². The van der Waals surface area contributed by atoms with Gasteiger partial charge in [0.25, 0.3) is 0 Å². The zero-order valence-electron chi connectivity index (χ0n) is 8.87. The fraction of sp³-hybridized carbons (Fsp3) is 0.364. The van der Waals surface area contributed by atoms with Crippen molar-refractivity contribution in [3.05, 3.63) is 28.4 Å². The minimum atomic E-state index is 0.380. The Hall–Kier alpha value is -0.870. The first kappa shape index (κ1) is 10.6. The van der Waals surface area contributed by atoms with E-state index in [1.54, 1.807) is 0 Å². The maximum absolute atomic E-state index is 5.67. The lowest BCUT2D eigenvalue weighted by atomic mass is 10.0. The van der Waals surface area contributed by atoms with Crippen LogP contribution >= 0.6 is 15.9 Å². The minimum Gasteiger partial charge on any atom is -0.330 e. The Kier molecular flexibility index (Phi) is 2.80. The molecule has 0 aliphatic heterocycles. The second-order valence-electron chi connectivity index (χ2n) is 3.85. The van der Waals surface area contributed by atoms with Crippen molar-refractivity contribution in [2.75, 3.05) is 6.54 Å². The fourth-order valence-electron chi connectivity index (χ4n) is 1.71. The Balaban J connectivity index is 2.63. The second-order valence-corrected chi connectivity index (χ2v) is 4.70. The fourth-order valence-corrected chi connectivity index (χ4v) is 2.46. The van der Waals surface area contributed by atoms with Gasteiger partial charge in [-0.15, -0.1) is 0 Å². The molecule has 0 aliphatic carbocycles. The minimum absolute atomic E-state index is 0.380. The summed E-state index contributed by atoms with van der Waals surface area (Å²) in [5.74, 6) is 0.380. The summed E-state index contributed by atoms with van der Waals surface area (Å²) < 4.78 is 2.95. The van der Waals surface area contributed by atoms with Crippen molar-refractivity contribution < 1.29 is 0 Å². The highest BCUT2D eigenvalue weighted by Crippen LogP contribution is 2.28. The molecule has 2 N–H and O–H groups in total. The van der Waals surface area contributed by atoms with Crippen molar-refractivity contribution in [1.82, 2.24) is 9.78 Å². The van der Waals surface area contributed by atoms with Crippen LogP contribution in [-0.2, 0) is 7.05 Å². The number of hydrogen-bond donors (Lipinski definition) is 1. The third kappa shape index (κ3) is 1.79. The first-order valence-corrected chi connectivity index (χ1v) is 5.74. The van der Waals surface area contributed by atoms with Gasteiger partial charge in [0.1, 0.15) is 0 Å². The number of benzene rings is 1. The van der Waals surface area contributed by atoms with Gasteiger partial charge < -0.3 is 5.73 Å². The molecule has 0 bridgehead atoms. The van der Waals surface area contributed by atoms with Crippen LogP contribution in [0.1, 0.15) is 18.4 Å². The van der Waals surface area contributed by atoms with Crippen LogP contribution in [0.5, 0.6) is 0 Å². The monoisotopic (exact) mass is 267 g/mol. The predicted octanol–water partition coefficient (Wildman–Crippen LogP) is 2.40. The lowest BCUT2D eigenvalue weighted by Crippen LogP contribution is -2.08. The Morgan fingerprint density at radius 2 is 2.27 bits per heavy atom. The van der Waals surface area contributed by atoms with E-state index in [-0.39, 0.29) is 0 Å². The summed E-state index contributed by atoms with van der Waals surface area (Å²) in [6.45, 7) is 2.79. The molecular formula is C11H14BrN3. The van der Waals surface area contributed by atoms with Gasteiger partial charge in [0.2, 0.25) is 0 Å². The molecule has 0 fully saturated rings. The summed E-state index contributed by atoms with van der Waals surface area (Å²) in [6.07, 6.45) is 1.88. The van der Waals surface area contributed by atoms with Crippen LogP contribution < -0.4 is 5.73 Å². The van der Waals surface area contributed by atoms with Crippen molar-refractivity contribution >= 4 is 26.8 Å². The topological polar surface area (TPSA) is 43.8 Å². The number of rotatable bonds is 2. The van der Waals surface area contributed by atoms with Crippen LogP contribution in [0.4, 0.5) is 0 Å². The highest BCUT2D eigenvalue weighted by atomic mass is 79.9. The van der Waals surface area contributed by atoms with Crippen LogP contribution in [-0.4, -0.2) is 16.3 Å². The molecule has 0 saturated carbocycles. The molecule has 80 valence electrons. The number of aromatic nitrogens is 2. The van der Waals surface area contributed by atoms with Gasteiger partial charge in [-0.25, -0.2) is 0 Å². The van der Waals surface area contributed by atoms with Crippen molar-refractivity contribution in [1.29, 1.82) is 0 Å². The molecule has 2 aromatic rings. The van der Waals surface area contributed by atoms with E-state index >= 15 is 0 Å². The molecule has 2 rings (SSSR count). The van der Waals surface area contributed by atoms with Crippen molar-refractivity contribution in [2.45, 2.75) is 12.8 Å². The summed E-state index contributed by atoms with van der Waals surface area (Å²) in [7, 11) is 1.94. The smallest absolute Gasteiger partial charge is 0.0821 e. The van der Waals surface area contributed by atoms with Gasteiger partial charge in [0.05, 0.1) is 11.7 Å². The maximum atomic E-state index is 5.67. The molecule has 1 aromatic carbocycles. The summed E-state index contributed by atoms with van der Waals surface area (Å²) in [5.41, 5.74) is 8.05. The number of halogens is 1. The largest absolute Gasteiger partial charge is 0.330 e. The molecule has 15 heavy (non-hydrogen) atoms. The van der Waals surface area contributed by atoms with Gasteiger partial charge >= 0.3 is 0 Å². The maximum Gasteiger partial charge on any atom is 0.0821 e. The number of nitrogens with two attached hydrogens (primary N) is 1. The van der Waals surface area contributed by atoms with E-state index in [2.05, 4.69) is 40.1 Å². The highest BCUT2D eigenvalue weighted by molar-refractivity contribution is 9.10. The summed E-state index contributed by atoms with van der Waals surface area (Å²) in [4.78, 5) is 0. The molecule has 3 nitrogen and oxygen atoms in total. The molecule has 0 amide bonds. The zero-order valence-corrected chi connectivity index (χ0v) is 10.5. The standard InChI is InChI=1S/C11H14BrN3/c1-7(5-13)8-3-9-6-14-15(2)11(9)10(12)4-8/h3-4,6-7H,5,13H2,1-2H3. The Labute approximate surface area is 97.4 Å². The van der Waals surface area contributed by atoms with E-state index in [1.807, 2.05) is 17.9 Å². The molecule has 1 heterocycles. The van der Waals surface area contributed by atoms with Gasteiger partial charge in [0.15, 0.2) is 0 Å². The molecule has 0 aliphatic rings. The average molecular weight is 268 g/mol. The summed E-state index contributed by atoms with van der Waals surface area (Å²) in [6, 6.07) is 4.28.